The van der Waals surface area contributed by atoms with Crippen LogP contribution in [0.25, 0.3) is 0 Å². The molecule has 2 rings (SSSR count). The molecular weight excluding hydrogens is 395 g/mol. The van der Waals surface area contributed by atoms with Gasteiger partial charge in [-0.05, 0) is 41.5 Å². The van der Waals surface area contributed by atoms with Crippen molar-refractivity contribution < 1.29 is 36.3 Å². The summed E-state index contributed by atoms with van der Waals surface area (Å²) < 4.78 is 0. The smallest absolute Gasteiger partial charge is 0.257 e. The Morgan fingerprint density at radius 3 is 1.33 bits per heavy atom. The number of aliphatic hydroxyl groups is 2. The van der Waals surface area contributed by atoms with Crippen molar-refractivity contribution in [1.82, 2.24) is 10.6 Å². The summed E-state index contributed by atoms with van der Waals surface area (Å²) in [4.78, 5) is 32.5. The third-order valence-electron chi connectivity index (χ3n) is 4.49. The van der Waals surface area contributed by atoms with Crippen LogP contribution in [-0.4, -0.2) is 57.6 Å². The SMILES string of the molecule is CC(=NCCN=C(C)C1=C(O)C(C)(C)NC1=O)C1=C(O)C(C)(C)NC1=O.[Ni]. The van der Waals surface area contributed by atoms with Gasteiger partial charge in [0, 0.05) is 27.9 Å². The fourth-order valence-corrected chi connectivity index (χ4v) is 2.92. The first-order valence-corrected chi connectivity index (χ1v) is 8.44. The number of carbonyl (C=O) groups excluding carboxylic acids is 2. The summed E-state index contributed by atoms with van der Waals surface area (Å²) in [5.41, 5.74) is -0.365. The number of carbonyl (C=O) groups is 2. The molecular formula is C18H26N4NiO4. The number of nitrogens with zero attached hydrogens (tertiary/aromatic N) is 2. The summed E-state index contributed by atoms with van der Waals surface area (Å²) >= 11 is 0. The van der Waals surface area contributed by atoms with E-state index in [1.807, 2.05) is 0 Å². The topological polar surface area (TPSA) is 123 Å². The first-order valence-electron chi connectivity index (χ1n) is 8.44. The molecule has 0 aliphatic carbocycles. The summed E-state index contributed by atoms with van der Waals surface area (Å²) in [5, 5.41) is 25.7. The minimum absolute atomic E-state index is 0. The second-order valence-corrected chi connectivity index (χ2v) is 7.54. The fourth-order valence-electron chi connectivity index (χ4n) is 2.92. The number of aliphatic imine (C=N–C) groups is 2. The van der Waals surface area contributed by atoms with Gasteiger partial charge in [0.1, 0.15) is 11.5 Å². The zero-order valence-electron chi connectivity index (χ0n) is 16.3. The molecule has 0 unspecified atom stereocenters. The van der Waals surface area contributed by atoms with Gasteiger partial charge in [0.15, 0.2) is 0 Å². The molecule has 0 aromatic heterocycles. The molecule has 0 saturated heterocycles. The molecule has 0 bridgehead atoms. The van der Waals surface area contributed by atoms with Crippen LogP contribution in [0.4, 0.5) is 0 Å². The number of hydrogen-bond acceptors (Lipinski definition) is 6. The predicted molar refractivity (Wildman–Crippen MR) is 99.7 cm³/mol. The Labute approximate surface area is 168 Å². The Bertz CT molecular complexity index is 725. The second-order valence-electron chi connectivity index (χ2n) is 7.54. The summed E-state index contributed by atoms with van der Waals surface area (Å²) in [6, 6.07) is 0. The monoisotopic (exact) mass is 420 g/mol. The molecule has 8 nitrogen and oxygen atoms in total. The minimum Gasteiger partial charge on any atom is -0.509 e. The third-order valence-corrected chi connectivity index (χ3v) is 4.49. The van der Waals surface area contributed by atoms with Crippen LogP contribution in [0.5, 0.6) is 0 Å². The van der Waals surface area contributed by atoms with Crippen molar-refractivity contribution in [1.29, 1.82) is 0 Å². The number of amides is 2. The van der Waals surface area contributed by atoms with Crippen LogP contribution >= 0.6 is 0 Å². The maximum absolute atomic E-state index is 12.0. The zero-order chi connectivity index (χ0) is 19.9. The van der Waals surface area contributed by atoms with Gasteiger partial charge < -0.3 is 20.8 Å². The van der Waals surface area contributed by atoms with Crippen LogP contribution < -0.4 is 10.6 Å². The number of nitrogens with one attached hydrogen (secondary N) is 2. The molecule has 0 saturated carbocycles. The minimum atomic E-state index is -0.801. The Balaban J connectivity index is 0.00000364. The van der Waals surface area contributed by atoms with Crippen LogP contribution in [-0.2, 0) is 26.1 Å². The van der Waals surface area contributed by atoms with E-state index in [1.165, 1.54) is 0 Å². The van der Waals surface area contributed by atoms with E-state index in [9.17, 15) is 19.8 Å². The van der Waals surface area contributed by atoms with Gasteiger partial charge in [0.05, 0.1) is 35.3 Å². The van der Waals surface area contributed by atoms with Gasteiger partial charge in [-0.1, -0.05) is 0 Å². The summed E-state index contributed by atoms with van der Waals surface area (Å²) in [6.45, 7) is 10.7. The molecule has 27 heavy (non-hydrogen) atoms. The number of hydrogen-bond donors (Lipinski definition) is 4. The second kappa shape index (κ2) is 7.84. The zero-order valence-corrected chi connectivity index (χ0v) is 17.3. The van der Waals surface area contributed by atoms with E-state index in [0.717, 1.165) is 0 Å². The summed E-state index contributed by atoms with van der Waals surface area (Å²) in [6.07, 6.45) is 0. The van der Waals surface area contributed by atoms with Crippen LogP contribution in [0.1, 0.15) is 41.5 Å². The van der Waals surface area contributed by atoms with Crippen molar-refractivity contribution in [2.24, 2.45) is 9.98 Å². The molecule has 2 amide bonds. The quantitative estimate of drug-likeness (QED) is 0.304. The normalized spacial score (nSPS) is 22.0. The molecule has 0 aromatic carbocycles. The van der Waals surface area contributed by atoms with Crippen molar-refractivity contribution in [3.8, 4) is 0 Å². The molecule has 152 valence electrons. The average Bonchev–Trinajstić information content (AvgIpc) is 2.83. The average molecular weight is 421 g/mol. The Hall–Kier alpha value is -2.15. The molecule has 2 aliphatic heterocycles. The van der Waals surface area contributed by atoms with Gasteiger partial charge in [0.2, 0.25) is 0 Å². The van der Waals surface area contributed by atoms with E-state index in [1.54, 1.807) is 41.5 Å². The molecule has 9 heteroatoms. The molecule has 4 N–H and O–H groups in total. The van der Waals surface area contributed by atoms with E-state index >= 15 is 0 Å². The maximum atomic E-state index is 12.0. The van der Waals surface area contributed by atoms with Crippen LogP contribution in [0.3, 0.4) is 0 Å². The standard InChI is InChI=1S/C18H26N4O4.Ni/c1-9(11-13(23)17(3,4)21-15(11)25)19-7-8-20-10(2)12-14(24)18(5,6)22-16(12)26;/h23-24H,7-8H2,1-6H3,(H,21,25)(H,22,26);. The molecule has 0 atom stereocenters. The number of rotatable bonds is 5. The van der Waals surface area contributed by atoms with Gasteiger partial charge in [0.25, 0.3) is 11.8 Å². The van der Waals surface area contributed by atoms with Crippen molar-refractivity contribution in [2.75, 3.05) is 13.1 Å². The third kappa shape index (κ3) is 4.41. The molecule has 0 radical (unpaired) electrons. The Kier molecular flexibility index (Phi) is 6.65. The van der Waals surface area contributed by atoms with Crippen LogP contribution in [0.15, 0.2) is 32.6 Å². The Morgan fingerprint density at radius 2 is 1.11 bits per heavy atom. The van der Waals surface area contributed by atoms with Crippen molar-refractivity contribution in [3.63, 3.8) is 0 Å². The van der Waals surface area contributed by atoms with Gasteiger partial charge in [-0.25, -0.2) is 0 Å². The Morgan fingerprint density at radius 1 is 0.815 bits per heavy atom. The summed E-state index contributed by atoms with van der Waals surface area (Å²) in [5.74, 6) is -0.756. The molecule has 2 heterocycles. The van der Waals surface area contributed by atoms with E-state index in [0.29, 0.717) is 11.4 Å². The van der Waals surface area contributed by atoms with Gasteiger partial charge >= 0.3 is 0 Å². The van der Waals surface area contributed by atoms with Crippen molar-refractivity contribution in [3.05, 3.63) is 22.7 Å². The maximum Gasteiger partial charge on any atom is 0.257 e. The molecule has 0 aromatic rings. The van der Waals surface area contributed by atoms with E-state index < -0.39 is 11.1 Å². The van der Waals surface area contributed by atoms with Gasteiger partial charge in [-0.3, -0.25) is 19.6 Å². The van der Waals surface area contributed by atoms with E-state index in [4.69, 9.17) is 0 Å². The molecule has 2 aliphatic rings. The van der Waals surface area contributed by atoms with Crippen molar-refractivity contribution >= 4 is 23.2 Å². The largest absolute Gasteiger partial charge is 0.509 e. The fraction of sp³-hybridized carbons (Fsp3) is 0.556. The molecule has 0 fully saturated rings. The van der Waals surface area contributed by atoms with Crippen LogP contribution in [0, 0.1) is 0 Å². The van der Waals surface area contributed by atoms with E-state index in [-0.39, 0.29) is 64.1 Å². The first-order chi connectivity index (χ1) is 11.9. The number of aliphatic hydroxyl groups excluding tert-OH is 2. The van der Waals surface area contributed by atoms with Crippen LogP contribution in [0.2, 0.25) is 0 Å². The van der Waals surface area contributed by atoms with Crippen molar-refractivity contribution in [2.45, 2.75) is 52.6 Å². The first kappa shape index (κ1) is 22.9. The summed E-state index contributed by atoms with van der Waals surface area (Å²) in [7, 11) is 0. The predicted octanol–water partition coefficient (Wildman–Crippen LogP) is 1.35. The molecule has 0 spiro atoms. The van der Waals surface area contributed by atoms with E-state index in [2.05, 4.69) is 20.6 Å². The van der Waals surface area contributed by atoms with Gasteiger partial charge in [-0.2, -0.15) is 0 Å². The van der Waals surface area contributed by atoms with Gasteiger partial charge in [-0.15, -0.1) is 0 Å².